The Balaban J connectivity index is 1.16. The third kappa shape index (κ3) is 13.8. The number of likely N-dealkylation sites (tertiary alicyclic amines) is 2. The zero-order valence-corrected chi connectivity index (χ0v) is 44.4. The second-order valence-electron chi connectivity index (χ2n) is 22.6. The van der Waals surface area contributed by atoms with Gasteiger partial charge in [-0.25, -0.2) is 0 Å². The molecule has 19 nitrogen and oxygen atoms in total. The molecule has 0 spiro atoms. The lowest BCUT2D eigenvalue weighted by Crippen LogP contribution is -2.59. The van der Waals surface area contributed by atoms with Gasteiger partial charge in [0.1, 0.15) is 30.3 Å². The number of fused-ring (bicyclic) bond motifs is 2. The highest BCUT2D eigenvalue weighted by Crippen LogP contribution is 2.34. The van der Waals surface area contributed by atoms with Crippen molar-refractivity contribution in [1.29, 1.82) is 0 Å². The molecule has 2 heterocycles. The molecule has 2 aliphatic heterocycles. The van der Waals surface area contributed by atoms with Crippen molar-refractivity contribution in [2.45, 2.75) is 180 Å². The van der Waals surface area contributed by atoms with E-state index in [1.54, 1.807) is 27.9 Å². The van der Waals surface area contributed by atoms with Crippen LogP contribution in [0, 0.1) is 10.8 Å². The number of aliphatic hydroxyl groups excluding tert-OH is 1. The Labute approximate surface area is 430 Å². The van der Waals surface area contributed by atoms with E-state index in [-0.39, 0.29) is 38.0 Å². The van der Waals surface area contributed by atoms with E-state index in [4.69, 9.17) is 0 Å². The molecule has 2 saturated heterocycles. The molecule has 0 bridgehead atoms. The van der Waals surface area contributed by atoms with Crippen molar-refractivity contribution in [2.75, 3.05) is 27.2 Å². The molecule has 11 atom stereocenters. The van der Waals surface area contributed by atoms with E-state index >= 15 is 0 Å². The third-order valence-corrected chi connectivity index (χ3v) is 15.0. The van der Waals surface area contributed by atoms with E-state index in [0.29, 0.717) is 12.8 Å². The second kappa shape index (κ2) is 24.0. The molecule has 8 amide bonds. The van der Waals surface area contributed by atoms with Gasteiger partial charge in [-0.1, -0.05) is 90.1 Å². The SMILES string of the molecule is CN[C@@H](C)C(=O)N[C@H](C(=O)N1C[C@@H](NC(=O)C(O)CC(=O)N[C@H]2C[C@@H](C(=O)NC3CCCc4ccccc43)N(C(=O)[C@@H](NC(=O)[C@H](C)NC)C(C)(C)C)C2)CC1C(=O)N[C@@H]1CCCc2ccccc21)C(C)(C)C. The maximum absolute atomic E-state index is 14.6. The number of nitrogens with zero attached hydrogens (tertiary/aromatic N) is 2. The number of likely N-dealkylation sites (N-methyl/N-ethyl adjacent to an activating group) is 2. The molecule has 9 N–H and O–H groups in total. The van der Waals surface area contributed by atoms with Gasteiger partial charge in [-0.2, -0.15) is 0 Å². The van der Waals surface area contributed by atoms with Crippen LogP contribution in [0.2, 0.25) is 0 Å². The first-order chi connectivity index (χ1) is 34.4. The van der Waals surface area contributed by atoms with Gasteiger partial charge in [0.05, 0.1) is 30.6 Å². The van der Waals surface area contributed by atoms with Crippen LogP contribution in [0.25, 0.3) is 0 Å². The van der Waals surface area contributed by atoms with Crippen LogP contribution in [-0.4, -0.2) is 144 Å². The fourth-order valence-corrected chi connectivity index (χ4v) is 10.5. The number of carbonyl (C=O) groups excluding carboxylic acids is 8. The first kappa shape index (κ1) is 56.4. The summed E-state index contributed by atoms with van der Waals surface area (Å²) in [5.41, 5.74) is 2.74. The summed E-state index contributed by atoms with van der Waals surface area (Å²) in [6.07, 6.45) is 2.40. The Hall–Kier alpha value is -5.92. The number of carbonyl (C=O) groups is 8. The van der Waals surface area contributed by atoms with Crippen LogP contribution < -0.4 is 42.5 Å². The third-order valence-electron chi connectivity index (χ3n) is 15.0. The zero-order chi connectivity index (χ0) is 53.5. The maximum Gasteiger partial charge on any atom is 0.249 e. The molecule has 0 aromatic heterocycles. The Morgan fingerprint density at radius 1 is 0.589 bits per heavy atom. The van der Waals surface area contributed by atoms with Crippen molar-refractivity contribution in [1.82, 2.24) is 52.3 Å². The molecule has 6 rings (SSSR count). The van der Waals surface area contributed by atoms with Gasteiger partial charge in [-0.15, -0.1) is 0 Å². The molecule has 2 aromatic carbocycles. The first-order valence-electron chi connectivity index (χ1n) is 26.0. The summed E-state index contributed by atoms with van der Waals surface area (Å²) >= 11 is 0. The minimum atomic E-state index is -1.85. The average Bonchev–Trinajstić information content (AvgIpc) is 3.98. The van der Waals surface area contributed by atoms with Crippen LogP contribution in [0.5, 0.6) is 0 Å². The van der Waals surface area contributed by atoms with Gasteiger partial charge in [-0.3, -0.25) is 38.4 Å². The smallest absolute Gasteiger partial charge is 0.249 e. The number of rotatable bonds is 17. The minimum absolute atomic E-state index is 0.0000387. The topological polar surface area (TPSA) is 260 Å². The molecule has 2 aromatic rings. The molecular weight excluding hydrogens is 933 g/mol. The summed E-state index contributed by atoms with van der Waals surface area (Å²) in [6.45, 7) is 14.0. The normalized spacial score (nSPS) is 23.8. The molecule has 400 valence electrons. The molecule has 2 fully saturated rings. The molecule has 4 aliphatic rings. The maximum atomic E-state index is 14.6. The number of amides is 8. The molecule has 0 saturated carbocycles. The monoisotopic (exact) mass is 1010 g/mol. The van der Waals surface area contributed by atoms with Crippen molar-refractivity contribution in [3.05, 3.63) is 70.8 Å². The standard InChI is InChI=1S/C54H80N10O9/c1-30(55-9)46(67)61-44(53(3,4)5)51(72)63-28-34(25-40(63)48(69)59-38-23-15-19-32-17-11-13-21-36(32)38)57-43(66)27-42(65)50(71)58-35-26-41(49(70)60-39-24-16-20-33-18-12-14-22-37(33)39)64(29-35)52(73)45(54(6,7)8)62-47(68)31(2)56-10/h11-14,17-18,21-22,30-31,34-35,38-42,44-45,55-56,65H,15-16,19-20,23-29H2,1-10H3,(H,57,66)(H,58,71)(H,59,69)(H,60,70)(H,61,67)(H,62,68)/t30-,31-,34-,35-,38?,39+,40-,41?,42?,44+,45+/m0/s1. The predicted octanol–water partition coefficient (Wildman–Crippen LogP) is 1.57. The molecule has 2 aliphatic carbocycles. The summed E-state index contributed by atoms with van der Waals surface area (Å²) in [6, 6.07) is 8.31. The average molecular weight is 1010 g/mol. The quantitative estimate of drug-likeness (QED) is 0.110. The van der Waals surface area contributed by atoms with Gasteiger partial charge in [0, 0.05) is 25.2 Å². The van der Waals surface area contributed by atoms with Gasteiger partial charge in [0.2, 0.25) is 47.3 Å². The van der Waals surface area contributed by atoms with Gasteiger partial charge < -0.3 is 57.4 Å². The van der Waals surface area contributed by atoms with E-state index in [9.17, 15) is 43.5 Å². The van der Waals surface area contributed by atoms with E-state index < -0.39 is 119 Å². The minimum Gasteiger partial charge on any atom is -0.383 e. The fourth-order valence-electron chi connectivity index (χ4n) is 10.5. The zero-order valence-electron chi connectivity index (χ0n) is 44.4. The summed E-state index contributed by atoms with van der Waals surface area (Å²) in [5, 5.41) is 34.7. The van der Waals surface area contributed by atoms with Crippen LogP contribution in [0.3, 0.4) is 0 Å². The van der Waals surface area contributed by atoms with E-state index in [2.05, 4.69) is 42.5 Å². The van der Waals surface area contributed by atoms with E-state index in [1.807, 2.05) is 90.1 Å². The number of benzene rings is 2. The molecule has 0 radical (unpaired) electrons. The van der Waals surface area contributed by atoms with Crippen molar-refractivity contribution in [3.8, 4) is 0 Å². The van der Waals surface area contributed by atoms with Gasteiger partial charge >= 0.3 is 0 Å². The van der Waals surface area contributed by atoms with Crippen molar-refractivity contribution < 1.29 is 43.5 Å². The lowest BCUT2D eigenvalue weighted by atomic mass is 9.85. The first-order valence-corrected chi connectivity index (χ1v) is 26.0. The lowest BCUT2D eigenvalue weighted by molar-refractivity contribution is -0.144. The Morgan fingerprint density at radius 3 is 1.38 bits per heavy atom. The highest BCUT2D eigenvalue weighted by Gasteiger charge is 2.48. The van der Waals surface area contributed by atoms with Gasteiger partial charge in [-0.05, 0) is 112 Å². The highest BCUT2D eigenvalue weighted by molar-refractivity contribution is 5.96. The lowest BCUT2D eigenvalue weighted by Gasteiger charge is -2.36. The second-order valence-corrected chi connectivity index (χ2v) is 22.6. The number of hydrogen-bond acceptors (Lipinski definition) is 11. The Kier molecular flexibility index (Phi) is 18.5. The van der Waals surface area contributed by atoms with E-state index in [0.717, 1.165) is 47.9 Å². The number of aryl methyl sites for hydroxylation is 2. The molecule has 19 heteroatoms. The van der Waals surface area contributed by atoms with Crippen molar-refractivity contribution >= 4 is 47.3 Å². The molecule has 3 unspecified atom stereocenters. The summed E-state index contributed by atoms with van der Waals surface area (Å²) in [5.74, 6) is -4.23. The Morgan fingerprint density at radius 2 is 0.986 bits per heavy atom. The number of nitrogens with one attached hydrogen (secondary N) is 8. The number of hydrogen-bond donors (Lipinski definition) is 9. The van der Waals surface area contributed by atoms with Gasteiger partial charge in [0.25, 0.3) is 0 Å². The Bertz CT molecular complexity index is 2370. The van der Waals surface area contributed by atoms with Crippen molar-refractivity contribution in [3.63, 3.8) is 0 Å². The summed E-state index contributed by atoms with van der Waals surface area (Å²) in [4.78, 5) is 114. The van der Waals surface area contributed by atoms with Crippen LogP contribution in [0.15, 0.2) is 48.5 Å². The van der Waals surface area contributed by atoms with Crippen LogP contribution >= 0.6 is 0 Å². The predicted molar refractivity (Wildman–Crippen MR) is 275 cm³/mol. The summed E-state index contributed by atoms with van der Waals surface area (Å²) in [7, 11) is 3.27. The largest absolute Gasteiger partial charge is 0.383 e. The summed E-state index contributed by atoms with van der Waals surface area (Å²) < 4.78 is 0. The fraction of sp³-hybridized carbons (Fsp3) is 0.630. The van der Waals surface area contributed by atoms with Crippen LogP contribution in [0.4, 0.5) is 0 Å². The van der Waals surface area contributed by atoms with Crippen molar-refractivity contribution in [2.24, 2.45) is 10.8 Å². The van der Waals surface area contributed by atoms with E-state index in [1.165, 1.54) is 9.80 Å². The highest BCUT2D eigenvalue weighted by atomic mass is 16.3. The number of aliphatic hydroxyl groups is 1. The van der Waals surface area contributed by atoms with Gasteiger partial charge in [0.15, 0.2) is 0 Å². The van der Waals surface area contributed by atoms with Crippen LogP contribution in [-0.2, 0) is 51.2 Å². The molecular formula is C54H80N10O9. The molecule has 73 heavy (non-hydrogen) atoms. The van der Waals surface area contributed by atoms with Crippen LogP contribution in [0.1, 0.15) is 135 Å².